The van der Waals surface area contributed by atoms with Gasteiger partial charge in [0.15, 0.2) is 0 Å². The second-order valence-corrected chi connectivity index (χ2v) is 9.96. The molecule has 1 amide bonds. The zero-order valence-corrected chi connectivity index (χ0v) is 17.3. The van der Waals surface area contributed by atoms with E-state index in [1.807, 2.05) is 0 Å². The number of thioether (sulfide) groups is 1. The van der Waals surface area contributed by atoms with E-state index in [0.717, 1.165) is 12.8 Å². The molecule has 1 saturated carbocycles. The summed E-state index contributed by atoms with van der Waals surface area (Å²) < 4.78 is 0. The van der Waals surface area contributed by atoms with Crippen molar-refractivity contribution in [2.24, 2.45) is 11.8 Å². The van der Waals surface area contributed by atoms with Gasteiger partial charge in [0.25, 0.3) is 0 Å². The van der Waals surface area contributed by atoms with Crippen LogP contribution in [0.3, 0.4) is 0 Å². The first-order valence-electron chi connectivity index (χ1n) is 10.8. The number of aliphatic hydroxyl groups is 1. The molecule has 3 aliphatic heterocycles. The summed E-state index contributed by atoms with van der Waals surface area (Å²) in [6, 6.07) is 9.60. The van der Waals surface area contributed by atoms with Crippen molar-refractivity contribution in [3.05, 3.63) is 46.9 Å². The van der Waals surface area contributed by atoms with Crippen molar-refractivity contribution >= 4 is 17.7 Å². The molecule has 0 aromatic heterocycles. The highest BCUT2D eigenvalue weighted by molar-refractivity contribution is 8.03. The zero-order chi connectivity index (χ0) is 19.3. The van der Waals surface area contributed by atoms with Gasteiger partial charge in [0.2, 0.25) is 5.91 Å². The highest BCUT2D eigenvalue weighted by Gasteiger charge is 2.51. The van der Waals surface area contributed by atoms with Gasteiger partial charge in [-0.05, 0) is 68.1 Å². The van der Waals surface area contributed by atoms with Crippen LogP contribution in [-0.2, 0) is 4.79 Å². The Morgan fingerprint density at radius 2 is 1.93 bits per heavy atom. The fraction of sp³-hybridized carbons (Fsp3) is 0.609. The lowest BCUT2D eigenvalue weighted by Gasteiger charge is -2.48. The molecule has 5 heteroatoms. The Morgan fingerprint density at radius 1 is 1.18 bits per heavy atom. The predicted octanol–water partition coefficient (Wildman–Crippen LogP) is 3.44. The molecule has 150 valence electrons. The van der Waals surface area contributed by atoms with E-state index in [2.05, 4.69) is 52.9 Å². The summed E-state index contributed by atoms with van der Waals surface area (Å²) in [5.41, 5.74) is 2.58. The van der Waals surface area contributed by atoms with Gasteiger partial charge in [0, 0.05) is 23.9 Å². The van der Waals surface area contributed by atoms with Gasteiger partial charge in [-0.2, -0.15) is 0 Å². The molecule has 1 aliphatic carbocycles. The van der Waals surface area contributed by atoms with Crippen LogP contribution >= 0.6 is 11.8 Å². The smallest absolute Gasteiger partial charge is 0.234 e. The van der Waals surface area contributed by atoms with E-state index in [9.17, 15) is 9.90 Å². The standard InChI is InChI=1S/C23H30N2O2S/c1-14(25-11-2-3-12-25)15-4-6-16(7-5-15)20-19(26)9-8-18-21(20)17-10-13-28-22(17)23(27)24-18/h4-7,10,13-14,17-22,26H,2-3,8-9,11-12H2,1H3,(H,24,27). The number of hydrogen-bond acceptors (Lipinski definition) is 4. The van der Waals surface area contributed by atoms with E-state index in [4.69, 9.17) is 0 Å². The summed E-state index contributed by atoms with van der Waals surface area (Å²) >= 11 is 1.63. The third kappa shape index (κ3) is 3.12. The van der Waals surface area contributed by atoms with Crippen LogP contribution in [0.15, 0.2) is 35.7 Å². The lowest BCUT2D eigenvalue weighted by atomic mass is 9.63. The zero-order valence-electron chi connectivity index (χ0n) is 16.5. The molecular weight excluding hydrogens is 368 g/mol. The molecular formula is C23H30N2O2S. The van der Waals surface area contributed by atoms with E-state index in [0.29, 0.717) is 6.04 Å². The number of piperidine rings is 1. The number of amides is 1. The third-order valence-corrected chi connectivity index (χ3v) is 8.60. The van der Waals surface area contributed by atoms with Crippen molar-refractivity contribution in [2.45, 2.75) is 62.0 Å². The number of nitrogens with zero attached hydrogens (tertiary/aromatic N) is 1. The summed E-state index contributed by atoms with van der Waals surface area (Å²) in [6.45, 7) is 4.69. The average molecular weight is 399 g/mol. The Labute approximate surface area is 171 Å². The maximum atomic E-state index is 12.5. The van der Waals surface area contributed by atoms with E-state index < -0.39 is 0 Å². The number of hydrogen-bond donors (Lipinski definition) is 2. The van der Waals surface area contributed by atoms with Crippen LogP contribution in [0.4, 0.5) is 0 Å². The number of aliphatic hydroxyl groups excluding tert-OH is 1. The minimum absolute atomic E-state index is 0.0245. The molecule has 28 heavy (non-hydrogen) atoms. The molecule has 0 bridgehead atoms. The number of allylic oxidation sites excluding steroid dienone is 1. The Hall–Kier alpha value is -1.30. The van der Waals surface area contributed by atoms with E-state index in [1.54, 1.807) is 11.8 Å². The van der Waals surface area contributed by atoms with Crippen molar-refractivity contribution in [1.82, 2.24) is 10.2 Å². The molecule has 0 spiro atoms. The molecule has 1 aromatic carbocycles. The van der Waals surface area contributed by atoms with Crippen LogP contribution in [0.25, 0.3) is 0 Å². The first kappa shape index (κ1) is 18.7. The molecule has 1 aromatic rings. The van der Waals surface area contributed by atoms with Gasteiger partial charge in [-0.1, -0.05) is 30.3 Å². The van der Waals surface area contributed by atoms with Gasteiger partial charge in [0.05, 0.1) is 11.4 Å². The highest BCUT2D eigenvalue weighted by atomic mass is 32.2. The first-order valence-corrected chi connectivity index (χ1v) is 11.7. The Morgan fingerprint density at radius 3 is 2.68 bits per heavy atom. The number of rotatable bonds is 3. The molecule has 0 radical (unpaired) electrons. The van der Waals surface area contributed by atoms with E-state index >= 15 is 0 Å². The van der Waals surface area contributed by atoms with Gasteiger partial charge in [-0.25, -0.2) is 0 Å². The van der Waals surface area contributed by atoms with Crippen LogP contribution < -0.4 is 5.32 Å². The molecule has 3 heterocycles. The van der Waals surface area contributed by atoms with Crippen molar-refractivity contribution in [3.8, 4) is 0 Å². The summed E-state index contributed by atoms with van der Waals surface area (Å²) in [4.78, 5) is 15.0. The van der Waals surface area contributed by atoms with Crippen molar-refractivity contribution < 1.29 is 9.90 Å². The topological polar surface area (TPSA) is 52.6 Å². The SMILES string of the molecule is CC(c1ccc(C2C(O)CCC3NC(=O)C4SC=CC4C32)cc1)N1CCCC1. The van der Waals surface area contributed by atoms with Gasteiger partial charge in [-0.3, -0.25) is 9.69 Å². The fourth-order valence-electron chi connectivity index (χ4n) is 5.93. The van der Waals surface area contributed by atoms with E-state index in [-0.39, 0.29) is 41.1 Å². The molecule has 7 unspecified atom stereocenters. The number of nitrogens with one attached hydrogen (secondary N) is 1. The largest absolute Gasteiger partial charge is 0.392 e. The van der Waals surface area contributed by atoms with Gasteiger partial charge >= 0.3 is 0 Å². The van der Waals surface area contributed by atoms with Gasteiger partial charge in [-0.15, -0.1) is 11.8 Å². The van der Waals surface area contributed by atoms with Crippen molar-refractivity contribution in [1.29, 1.82) is 0 Å². The summed E-state index contributed by atoms with van der Waals surface area (Å²) in [5.74, 6) is 0.768. The van der Waals surface area contributed by atoms with Crippen LogP contribution in [0.2, 0.25) is 0 Å². The monoisotopic (exact) mass is 398 g/mol. The van der Waals surface area contributed by atoms with Crippen LogP contribution in [0.5, 0.6) is 0 Å². The summed E-state index contributed by atoms with van der Waals surface area (Å²) in [5, 5.41) is 16.3. The lowest BCUT2D eigenvalue weighted by Crippen LogP contribution is -2.59. The normalized spacial score (nSPS) is 38.7. The molecule has 3 fully saturated rings. The van der Waals surface area contributed by atoms with Crippen LogP contribution in [0.1, 0.15) is 55.7 Å². The van der Waals surface area contributed by atoms with Gasteiger partial charge in [0.1, 0.15) is 0 Å². The first-order chi connectivity index (χ1) is 13.6. The Kier molecular flexibility index (Phi) is 5.02. The molecule has 4 nitrogen and oxygen atoms in total. The van der Waals surface area contributed by atoms with Crippen molar-refractivity contribution in [2.75, 3.05) is 13.1 Å². The maximum Gasteiger partial charge on any atom is 0.234 e. The number of likely N-dealkylation sites (tertiary alicyclic amines) is 1. The molecule has 7 atom stereocenters. The minimum Gasteiger partial charge on any atom is -0.392 e. The van der Waals surface area contributed by atoms with Crippen molar-refractivity contribution in [3.63, 3.8) is 0 Å². The molecule has 5 rings (SSSR count). The Balaban J connectivity index is 1.42. The lowest BCUT2D eigenvalue weighted by molar-refractivity contribution is -0.126. The third-order valence-electron chi connectivity index (χ3n) is 7.47. The second-order valence-electron chi connectivity index (χ2n) is 8.91. The number of fused-ring (bicyclic) bond motifs is 3. The molecule has 2 saturated heterocycles. The second kappa shape index (κ2) is 7.51. The average Bonchev–Trinajstić information content (AvgIpc) is 3.40. The highest BCUT2D eigenvalue weighted by Crippen LogP contribution is 2.50. The summed E-state index contributed by atoms with van der Waals surface area (Å²) in [7, 11) is 0. The Bertz CT molecular complexity index is 758. The van der Waals surface area contributed by atoms with E-state index in [1.165, 1.54) is 37.1 Å². The van der Waals surface area contributed by atoms with Gasteiger partial charge < -0.3 is 10.4 Å². The summed E-state index contributed by atoms with van der Waals surface area (Å²) in [6.07, 6.45) is 6.11. The number of carbonyl (C=O) groups is 1. The van der Waals surface area contributed by atoms with Crippen LogP contribution in [-0.4, -0.2) is 46.4 Å². The predicted molar refractivity (Wildman–Crippen MR) is 113 cm³/mol. The quantitative estimate of drug-likeness (QED) is 0.819. The number of benzene rings is 1. The number of carbonyl (C=O) groups excluding carboxylic acids is 1. The van der Waals surface area contributed by atoms with Crippen LogP contribution in [0, 0.1) is 11.8 Å². The molecule has 4 aliphatic rings. The minimum atomic E-state index is -0.335. The fourth-order valence-corrected chi connectivity index (χ4v) is 7.02. The molecule has 2 N–H and O–H groups in total. The maximum absolute atomic E-state index is 12.5.